The van der Waals surface area contributed by atoms with Gasteiger partial charge in [-0.15, -0.1) is 0 Å². The molecule has 4 unspecified atom stereocenters. The first kappa shape index (κ1) is 12.8. The molecule has 1 N–H and O–H groups in total. The van der Waals surface area contributed by atoms with E-state index in [1.54, 1.807) is 6.07 Å². The van der Waals surface area contributed by atoms with E-state index in [-0.39, 0.29) is 5.92 Å². The van der Waals surface area contributed by atoms with Crippen LogP contribution in [0.15, 0.2) is 0 Å². The molecule has 0 aromatic rings. The third-order valence-corrected chi connectivity index (χ3v) is 5.56. The molecule has 0 aromatic heterocycles. The molecule has 2 aliphatic carbocycles. The van der Waals surface area contributed by atoms with Crippen molar-refractivity contribution in [1.82, 2.24) is 0 Å². The van der Waals surface area contributed by atoms with Crippen molar-refractivity contribution in [3.8, 4) is 6.07 Å². The van der Waals surface area contributed by atoms with Crippen molar-refractivity contribution in [2.24, 2.45) is 17.8 Å². The lowest BCUT2D eigenvalue weighted by atomic mass is 9.65. The minimum absolute atomic E-state index is 0.158. The van der Waals surface area contributed by atoms with Gasteiger partial charge in [-0.25, -0.2) is 0 Å². The molecule has 0 amide bonds. The van der Waals surface area contributed by atoms with Crippen LogP contribution in [0, 0.1) is 29.1 Å². The van der Waals surface area contributed by atoms with Gasteiger partial charge in [0.15, 0.2) is 5.25 Å². The SMILES string of the molecule is N#CC(C1CCCC2CCCCC21)S(=O)(=O)O. The van der Waals surface area contributed by atoms with Gasteiger partial charge in [0, 0.05) is 0 Å². The third-order valence-electron chi connectivity index (χ3n) is 4.47. The van der Waals surface area contributed by atoms with Crippen molar-refractivity contribution < 1.29 is 13.0 Å². The molecule has 0 aliphatic heterocycles. The summed E-state index contributed by atoms with van der Waals surface area (Å²) < 4.78 is 31.7. The second-order valence-electron chi connectivity index (χ2n) is 5.37. The zero-order valence-corrected chi connectivity index (χ0v) is 10.7. The predicted octanol–water partition coefficient (Wildman–Crippen LogP) is 2.37. The van der Waals surface area contributed by atoms with Gasteiger partial charge in [-0.05, 0) is 30.6 Å². The molecule has 0 bridgehead atoms. The van der Waals surface area contributed by atoms with Crippen molar-refractivity contribution >= 4 is 10.1 Å². The summed E-state index contributed by atoms with van der Waals surface area (Å²) >= 11 is 0. The Labute approximate surface area is 103 Å². The highest BCUT2D eigenvalue weighted by molar-refractivity contribution is 7.86. The predicted molar refractivity (Wildman–Crippen MR) is 63.7 cm³/mol. The number of fused-ring (bicyclic) bond motifs is 1. The number of hydrogen-bond donors (Lipinski definition) is 1. The van der Waals surface area contributed by atoms with Crippen LogP contribution in [0.1, 0.15) is 44.9 Å². The molecule has 0 spiro atoms. The maximum absolute atomic E-state index is 11.3. The van der Waals surface area contributed by atoms with Crippen LogP contribution < -0.4 is 0 Å². The molecule has 0 radical (unpaired) electrons. The molecule has 0 heterocycles. The Balaban J connectivity index is 2.21. The summed E-state index contributed by atoms with van der Waals surface area (Å²) in [6.45, 7) is 0. The van der Waals surface area contributed by atoms with Gasteiger partial charge in [0.25, 0.3) is 10.1 Å². The number of rotatable bonds is 2. The van der Waals surface area contributed by atoms with E-state index in [9.17, 15) is 8.42 Å². The van der Waals surface area contributed by atoms with Gasteiger partial charge in [0.05, 0.1) is 6.07 Å². The van der Waals surface area contributed by atoms with Crippen molar-refractivity contribution in [3.63, 3.8) is 0 Å². The van der Waals surface area contributed by atoms with E-state index in [4.69, 9.17) is 9.81 Å². The average Bonchev–Trinajstić information content (AvgIpc) is 2.28. The Bertz CT molecular complexity index is 410. The molecule has 0 aromatic carbocycles. The average molecular weight is 257 g/mol. The van der Waals surface area contributed by atoms with E-state index in [0.29, 0.717) is 11.8 Å². The minimum Gasteiger partial charge on any atom is -0.285 e. The van der Waals surface area contributed by atoms with Gasteiger partial charge in [-0.2, -0.15) is 13.7 Å². The summed E-state index contributed by atoms with van der Waals surface area (Å²) in [6.07, 6.45) is 7.43. The van der Waals surface area contributed by atoms with Crippen LogP contribution in [0.2, 0.25) is 0 Å². The van der Waals surface area contributed by atoms with Crippen LogP contribution in [0.5, 0.6) is 0 Å². The van der Waals surface area contributed by atoms with E-state index in [1.165, 1.54) is 6.42 Å². The molecule has 2 fully saturated rings. The molecule has 17 heavy (non-hydrogen) atoms. The van der Waals surface area contributed by atoms with E-state index in [1.807, 2.05) is 0 Å². The molecular weight excluding hydrogens is 238 g/mol. The molecule has 2 aliphatic rings. The first-order chi connectivity index (χ1) is 8.04. The van der Waals surface area contributed by atoms with Crippen LogP contribution in [-0.4, -0.2) is 18.2 Å². The second-order valence-corrected chi connectivity index (χ2v) is 6.91. The summed E-state index contributed by atoms with van der Waals surface area (Å²) in [6, 6.07) is 1.81. The number of nitriles is 1. The van der Waals surface area contributed by atoms with Gasteiger partial charge < -0.3 is 0 Å². The fourth-order valence-corrected chi connectivity index (χ4v) is 4.66. The van der Waals surface area contributed by atoms with Crippen molar-refractivity contribution in [1.29, 1.82) is 5.26 Å². The van der Waals surface area contributed by atoms with Crippen LogP contribution in [-0.2, 0) is 10.1 Å². The topological polar surface area (TPSA) is 78.2 Å². The van der Waals surface area contributed by atoms with Crippen molar-refractivity contribution in [2.45, 2.75) is 50.2 Å². The Hall–Kier alpha value is -0.600. The van der Waals surface area contributed by atoms with Crippen LogP contribution >= 0.6 is 0 Å². The van der Waals surface area contributed by atoms with Crippen molar-refractivity contribution in [3.05, 3.63) is 0 Å². The molecule has 4 atom stereocenters. The Morgan fingerprint density at radius 3 is 2.41 bits per heavy atom. The highest BCUT2D eigenvalue weighted by atomic mass is 32.2. The lowest BCUT2D eigenvalue weighted by molar-refractivity contribution is 0.106. The smallest absolute Gasteiger partial charge is 0.281 e. The maximum Gasteiger partial charge on any atom is 0.281 e. The van der Waals surface area contributed by atoms with E-state index in [0.717, 1.165) is 38.5 Å². The van der Waals surface area contributed by atoms with Crippen LogP contribution in [0.3, 0.4) is 0 Å². The summed E-state index contributed by atoms with van der Waals surface area (Å²) in [4.78, 5) is 0. The van der Waals surface area contributed by atoms with E-state index in [2.05, 4.69) is 0 Å². The Morgan fingerprint density at radius 2 is 1.76 bits per heavy atom. The molecule has 96 valence electrons. The summed E-state index contributed by atoms with van der Waals surface area (Å²) in [7, 11) is -4.23. The summed E-state index contributed by atoms with van der Waals surface area (Å²) in [5.41, 5.74) is 0. The zero-order valence-electron chi connectivity index (χ0n) is 9.88. The quantitative estimate of drug-likeness (QED) is 0.770. The highest BCUT2D eigenvalue weighted by Gasteiger charge is 2.43. The largest absolute Gasteiger partial charge is 0.285 e. The molecule has 5 heteroatoms. The van der Waals surface area contributed by atoms with E-state index < -0.39 is 15.4 Å². The molecule has 2 saturated carbocycles. The molecule has 2 rings (SSSR count). The van der Waals surface area contributed by atoms with Crippen LogP contribution in [0.4, 0.5) is 0 Å². The van der Waals surface area contributed by atoms with Gasteiger partial charge in [-0.3, -0.25) is 4.55 Å². The highest BCUT2D eigenvalue weighted by Crippen LogP contribution is 2.45. The Kier molecular flexibility index (Phi) is 3.74. The van der Waals surface area contributed by atoms with Gasteiger partial charge in [-0.1, -0.05) is 32.1 Å². The van der Waals surface area contributed by atoms with E-state index >= 15 is 0 Å². The first-order valence-electron chi connectivity index (χ1n) is 6.40. The van der Waals surface area contributed by atoms with Gasteiger partial charge in [0.2, 0.25) is 0 Å². The van der Waals surface area contributed by atoms with Gasteiger partial charge in [0.1, 0.15) is 0 Å². The zero-order chi connectivity index (χ0) is 12.5. The lowest BCUT2D eigenvalue weighted by Gasteiger charge is -2.42. The minimum atomic E-state index is -4.23. The van der Waals surface area contributed by atoms with Gasteiger partial charge >= 0.3 is 0 Å². The summed E-state index contributed by atoms with van der Waals surface area (Å²) in [5.74, 6) is 0.734. The first-order valence-corrected chi connectivity index (χ1v) is 7.90. The molecule has 0 saturated heterocycles. The standard InChI is InChI=1S/C12H19NO3S/c13-8-12(17(14,15)16)11-7-3-5-9-4-1-2-6-10(9)11/h9-12H,1-7H2,(H,14,15,16). The summed E-state index contributed by atoms with van der Waals surface area (Å²) in [5, 5.41) is 7.80. The second kappa shape index (κ2) is 4.95. The number of nitrogens with zero attached hydrogens (tertiary/aromatic N) is 1. The molecule has 4 nitrogen and oxygen atoms in total. The lowest BCUT2D eigenvalue weighted by Crippen LogP contribution is -2.40. The molecular formula is C12H19NO3S. The third kappa shape index (κ3) is 2.63. The monoisotopic (exact) mass is 257 g/mol. The van der Waals surface area contributed by atoms with Crippen LogP contribution in [0.25, 0.3) is 0 Å². The fourth-order valence-electron chi connectivity index (χ4n) is 3.75. The maximum atomic E-state index is 11.3. The Morgan fingerprint density at radius 1 is 1.12 bits per heavy atom. The number of hydrogen-bond acceptors (Lipinski definition) is 3. The fraction of sp³-hybridized carbons (Fsp3) is 0.917. The van der Waals surface area contributed by atoms with Crippen molar-refractivity contribution in [2.75, 3.05) is 0 Å². The normalized spacial score (nSPS) is 35.6.